The number of thiophene rings is 1. The molecule has 3 aliphatic rings. The van der Waals surface area contributed by atoms with Crippen LogP contribution in [0.4, 0.5) is 0 Å². The smallest absolute Gasteiger partial charge is 0.317 e. The number of rotatable bonds is 3. The molecular weight excluding hydrogens is 352 g/mol. The quantitative estimate of drug-likeness (QED) is 0.874. The van der Waals surface area contributed by atoms with E-state index in [2.05, 4.69) is 6.07 Å². The van der Waals surface area contributed by atoms with Gasteiger partial charge in [0.05, 0.1) is 18.0 Å². The number of carboxylic acids is 1. The molecule has 0 saturated carbocycles. The SMILES string of the molecule is O=C(O)CN1CCC2(CC1)OCCc1cc(C(=O)N3CCCCC3)sc12. The van der Waals surface area contributed by atoms with Crippen molar-refractivity contribution in [2.75, 3.05) is 39.3 Å². The van der Waals surface area contributed by atoms with Crippen LogP contribution in [0.25, 0.3) is 0 Å². The highest BCUT2D eigenvalue weighted by Gasteiger charge is 2.43. The van der Waals surface area contributed by atoms with E-state index in [4.69, 9.17) is 9.84 Å². The molecule has 3 aliphatic heterocycles. The molecule has 2 saturated heterocycles. The van der Waals surface area contributed by atoms with Crippen LogP contribution < -0.4 is 0 Å². The zero-order valence-corrected chi connectivity index (χ0v) is 15.9. The number of ether oxygens (including phenoxy) is 1. The second kappa shape index (κ2) is 7.29. The highest BCUT2D eigenvalue weighted by molar-refractivity contribution is 7.14. The third-order valence-electron chi connectivity index (χ3n) is 5.85. The van der Waals surface area contributed by atoms with E-state index in [1.54, 1.807) is 11.3 Å². The van der Waals surface area contributed by atoms with Crippen molar-refractivity contribution in [1.29, 1.82) is 0 Å². The van der Waals surface area contributed by atoms with Gasteiger partial charge in [0.1, 0.15) is 5.60 Å². The van der Waals surface area contributed by atoms with Gasteiger partial charge < -0.3 is 14.7 Å². The van der Waals surface area contributed by atoms with E-state index in [-0.39, 0.29) is 18.1 Å². The standard InChI is InChI=1S/C19H26N2O4S/c22-16(23)13-20-9-5-19(6-10-20)17-14(4-11-25-19)12-15(26-17)18(24)21-7-2-1-3-8-21/h12H,1-11,13H2,(H,22,23). The van der Waals surface area contributed by atoms with Crippen molar-refractivity contribution in [2.45, 2.75) is 44.1 Å². The predicted molar refractivity (Wildman–Crippen MR) is 98.7 cm³/mol. The molecule has 4 heterocycles. The van der Waals surface area contributed by atoms with Gasteiger partial charge in [-0.25, -0.2) is 0 Å². The van der Waals surface area contributed by atoms with Gasteiger partial charge in [-0.05, 0) is 50.2 Å². The molecule has 0 bridgehead atoms. The Morgan fingerprint density at radius 3 is 2.58 bits per heavy atom. The second-order valence-corrected chi connectivity index (χ2v) is 8.63. The molecule has 0 unspecified atom stereocenters. The first-order valence-corrected chi connectivity index (χ1v) is 10.4. The van der Waals surface area contributed by atoms with Crippen molar-refractivity contribution < 1.29 is 19.4 Å². The summed E-state index contributed by atoms with van der Waals surface area (Å²) in [5.74, 6) is -0.612. The molecule has 1 aromatic rings. The second-order valence-electron chi connectivity index (χ2n) is 7.58. The van der Waals surface area contributed by atoms with Crippen LogP contribution in [0.1, 0.15) is 52.2 Å². The van der Waals surface area contributed by atoms with Gasteiger partial charge in [0.15, 0.2) is 0 Å². The lowest BCUT2D eigenvalue weighted by molar-refractivity contribution is -0.141. The van der Waals surface area contributed by atoms with E-state index < -0.39 is 5.97 Å². The number of carboxylic acid groups (broad SMARTS) is 1. The summed E-state index contributed by atoms with van der Waals surface area (Å²) in [5, 5.41) is 9.00. The monoisotopic (exact) mass is 378 g/mol. The van der Waals surface area contributed by atoms with Gasteiger partial charge in [-0.15, -0.1) is 11.3 Å². The number of hydrogen-bond acceptors (Lipinski definition) is 5. The summed E-state index contributed by atoms with van der Waals surface area (Å²) in [6, 6.07) is 2.09. The highest BCUT2D eigenvalue weighted by Crippen LogP contribution is 2.45. The fraction of sp³-hybridized carbons (Fsp3) is 0.684. The van der Waals surface area contributed by atoms with Crippen LogP contribution in [0.5, 0.6) is 0 Å². The Balaban J connectivity index is 1.52. The average molecular weight is 378 g/mol. The summed E-state index contributed by atoms with van der Waals surface area (Å²) < 4.78 is 6.24. The molecule has 0 aromatic carbocycles. The Morgan fingerprint density at radius 2 is 1.88 bits per heavy atom. The summed E-state index contributed by atoms with van der Waals surface area (Å²) in [6.07, 6.45) is 5.87. The maximum absolute atomic E-state index is 12.9. The molecule has 4 rings (SSSR count). The molecule has 1 spiro atoms. The number of carbonyl (C=O) groups excluding carboxylic acids is 1. The van der Waals surface area contributed by atoms with Crippen molar-refractivity contribution in [3.05, 3.63) is 21.4 Å². The molecule has 1 amide bonds. The molecule has 1 aromatic heterocycles. The van der Waals surface area contributed by atoms with Crippen molar-refractivity contribution in [3.63, 3.8) is 0 Å². The Hall–Kier alpha value is -1.44. The summed E-state index contributed by atoms with van der Waals surface area (Å²) in [7, 11) is 0. The van der Waals surface area contributed by atoms with E-state index in [1.807, 2.05) is 9.80 Å². The normalized spacial score (nSPS) is 23.0. The summed E-state index contributed by atoms with van der Waals surface area (Å²) in [5.41, 5.74) is 0.932. The Bertz CT molecular complexity index is 688. The first-order valence-electron chi connectivity index (χ1n) is 9.58. The molecule has 0 aliphatic carbocycles. The minimum absolute atomic E-state index is 0.0894. The Kier molecular flexibility index (Phi) is 5.03. The van der Waals surface area contributed by atoms with Crippen molar-refractivity contribution in [1.82, 2.24) is 9.80 Å². The average Bonchev–Trinajstić information content (AvgIpc) is 3.09. The number of nitrogens with zero attached hydrogens (tertiary/aromatic N) is 2. The van der Waals surface area contributed by atoms with E-state index in [0.717, 1.165) is 63.2 Å². The number of amides is 1. The topological polar surface area (TPSA) is 70.1 Å². The number of aliphatic carboxylic acids is 1. The molecule has 2 fully saturated rings. The number of hydrogen-bond donors (Lipinski definition) is 1. The number of fused-ring (bicyclic) bond motifs is 2. The van der Waals surface area contributed by atoms with Crippen LogP contribution in [0.3, 0.4) is 0 Å². The van der Waals surface area contributed by atoms with Crippen LogP contribution in [0.15, 0.2) is 6.07 Å². The van der Waals surface area contributed by atoms with E-state index in [9.17, 15) is 9.59 Å². The van der Waals surface area contributed by atoms with Gasteiger partial charge in [0.25, 0.3) is 5.91 Å². The summed E-state index contributed by atoms with van der Waals surface area (Å²) in [6.45, 7) is 3.95. The Labute approximate surface area is 157 Å². The van der Waals surface area contributed by atoms with E-state index in [1.165, 1.54) is 16.9 Å². The molecule has 0 radical (unpaired) electrons. The summed E-state index contributed by atoms with van der Waals surface area (Å²) >= 11 is 1.61. The van der Waals surface area contributed by atoms with E-state index >= 15 is 0 Å². The minimum atomic E-state index is -0.781. The van der Waals surface area contributed by atoms with Crippen LogP contribution in [-0.4, -0.2) is 66.1 Å². The highest BCUT2D eigenvalue weighted by atomic mass is 32.1. The zero-order chi connectivity index (χ0) is 18.1. The van der Waals surface area contributed by atoms with Crippen molar-refractivity contribution in [2.24, 2.45) is 0 Å². The number of likely N-dealkylation sites (tertiary alicyclic amines) is 2. The van der Waals surface area contributed by atoms with Crippen molar-refractivity contribution >= 4 is 23.2 Å². The fourth-order valence-corrected chi connectivity index (χ4v) is 5.79. The van der Waals surface area contributed by atoms with Crippen LogP contribution in [-0.2, 0) is 21.6 Å². The molecule has 7 heteroatoms. The van der Waals surface area contributed by atoms with Gasteiger partial charge in [-0.2, -0.15) is 0 Å². The molecule has 26 heavy (non-hydrogen) atoms. The predicted octanol–water partition coefficient (Wildman–Crippen LogP) is 2.32. The lowest BCUT2D eigenvalue weighted by Crippen LogP contribution is -2.47. The minimum Gasteiger partial charge on any atom is -0.480 e. The van der Waals surface area contributed by atoms with Crippen LogP contribution in [0.2, 0.25) is 0 Å². The molecule has 0 atom stereocenters. The first-order chi connectivity index (χ1) is 12.6. The fourth-order valence-electron chi connectivity index (χ4n) is 4.42. The van der Waals surface area contributed by atoms with Gasteiger partial charge >= 0.3 is 5.97 Å². The molecule has 1 N–H and O–H groups in total. The number of piperidine rings is 2. The maximum atomic E-state index is 12.9. The third-order valence-corrected chi connectivity index (χ3v) is 7.20. The van der Waals surface area contributed by atoms with E-state index in [0.29, 0.717) is 6.61 Å². The lowest BCUT2D eigenvalue weighted by Gasteiger charge is -2.43. The third kappa shape index (κ3) is 3.40. The lowest BCUT2D eigenvalue weighted by atomic mass is 9.85. The summed E-state index contributed by atoms with van der Waals surface area (Å²) in [4.78, 5) is 29.8. The van der Waals surface area contributed by atoms with Gasteiger partial charge in [-0.3, -0.25) is 14.5 Å². The Morgan fingerprint density at radius 1 is 1.15 bits per heavy atom. The zero-order valence-electron chi connectivity index (χ0n) is 15.0. The number of carbonyl (C=O) groups is 2. The van der Waals surface area contributed by atoms with Gasteiger partial charge in [-0.1, -0.05) is 0 Å². The van der Waals surface area contributed by atoms with Gasteiger partial charge in [0, 0.05) is 31.1 Å². The van der Waals surface area contributed by atoms with Gasteiger partial charge in [0.2, 0.25) is 0 Å². The largest absolute Gasteiger partial charge is 0.480 e. The maximum Gasteiger partial charge on any atom is 0.317 e. The van der Waals surface area contributed by atoms with Crippen molar-refractivity contribution in [3.8, 4) is 0 Å². The molecule has 142 valence electrons. The van der Waals surface area contributed by atoms with Crippen LogP contribution >= 0.6 is 11.3 Å². The molecular formula is C19H26N2O4S. The molecule has 6 nitrogen and oxygen atoms in total. The first kappa shape index (κ1) is 17.9. The van der Waals surface area contributed by atoms with Crippen LogP contribution in [0, 0.1) is 0 Å².